The first kappa shape index (κ1) is 12.5. The van der Waals surface area contributed by atoms with E-state index in [9.17, 15) is 4.79 Å². The van der Waals surface area contributed by atoms with Crippen molar-refractivity contribution >= 4 is 5.91 Å². The van der Waals surface area contributed by atoms with Crippen LogP contribution in [0.1, 0.15) is 33.6 Å². The van der Waals surface area contributed by atoms with Crippen LogP contribution < -0.4 is 10.6 Å². The zero-order chi connectivity index (χ0) is 11.3. The molecule has 1 fully saturated rings. The molecule has 1 atom stereocenters. The molecule has 0 aromatic carbocycles. The third-order valence-electron chi connectivity index (χ3n) is 2.30. The van der Waals surface area contributed by atoms with Crippen LogP contribution >= 0.6 is 0 Å². The molecule has 2 N–H and O–H groups in total. The molecule has 88 valence electrons. The Kier molecular flexibility index (Phi) is 4.54. The number of hydrogen-bond donors (Lipinski definition) is 2. The standard InChI is InChI=1S/C11H22N2O2/c1-11(2,3)15-8-10(14)13-9-5-4-6-12-7-9/h9,12H,4-8H2,1-3H3,(H,13,14). The molecule has 1 saturated heterocycles. The minimum atomic E-state index is -0.248. The van der Waals surface area contributed by atoms with Gasteiger partial charge in [0.15, 0.2) is 0 Å². The van der Waals surface area contributed by atoms with Crippen LogP contribution in [-0.2, 0) is 9.53 Å². The first-order valence-electron chi connectivity index (χ1n) is 5.61. The summed E-state index contributed by atoms with van der Waals surface area (Å²) < 4.78 is 5.40. The first-order valence-corrected chi connectivity index (χ1v) is 5.61. The van der Waals surface area contributed by atoms with E-state index in [1.165, 1.54) is 0 Å². The minimum Gasteiger partial charge on any atom is -0.366 e. The van der Waals surface area contributed by atoms with Crippen molar-refractivity contribution in [2.45, 2.75) is 45.3 Å². The van der Waals surface area contributed by atoms with Crippen LogP contribution in [0.5, 0.6) is 0 Å². The van der Waals surface area contributed by atoms with Crippen LogP contribution in [0.4, 0.5) is 0 Å². The lowest BCUT2D eigenvalue weighted by atomic mass is 10.1. The van der Waals surface area contributed by atoms with Crippen LogP contribution in [0, 0.1) is 0 Å². The Hall–Kier alpha value is -0.610. The van der Waals surface area contributed by atoms with E-state index in [4.69, 9.17) is 4.74 Å². The molecule has 15 heavy (non-hydrogen) atoms. The molecule has 0 spiro atoms. The zero-order valence-corrected chi connectivity index (χ0v) is 9.93. The molecule has 0 radical (unpaired) electrons. The van der Waals surface area contributed by atoms with Crippen molar-refractivity contribution < 1.29 is 9.53 Å². The summed E-state index contributed by atoms with van der Waals surface area (Å²) in [7, 11) is 0. The average molecular weight is 214 g/mol. The molecule has 0 aromatic rings. The van der Waals surface area contributed by atoms with E-state index in [1.54, 1.807) is 0 Å². The first-order chi connectivity index (χ1) is 6.97. The van der Waals surface area contributed by atoms with Crippen molar-refractivity contribution in [2.24, 2.45) is 0 Å². The summed E-state index contributed by atoms with van der Waals surface area (Å²) in [4.78, 5) is 11.5. The van der Waals surface area contributed by atoms with Crippen LogP contribution in [0.2, 0.25) is 0 Å². The highest BCUT2D eigenvalue weighted by atomic mass is 16.5. The van der Waals surface area contributed by atoms with Gasteiger partial charge in [0.2, 0.25) is 5.91 Å². The highest BCUT2D eigenvalue weighted by Crippen LogP contribution is 2.06. The van der Waals surface area contributed by atoms with E-state index in [0.717, 1.165) is 25.9 Å². The highest BCUT2D eigenvalue weighted by molar-refractivity contribution is 5.77. The minimum absolute atomic E-state index is 0.0152. The maximum atomic E-state index is 11.5. The molecule has 4 nitrogen and oxygen atoms in total. The number of piperidine rings is 1. The van der Waals surface area contributed by atoms with Gasteiger partial charge in [0, 0.05) is 12.6 Å². The molecule has 0 saturated carbocycles. The molecule has 1 aliphatic heterocycles. The van der Waals surface area contributed by atoms with Crippen LogP contribution in [0.15, 0.2) is 0 Å². The quantitative estimate of drug-likeness (QED) is 0.726. The van der Waals surface area contributed by atoms with Gasteiger partial charge in [-0.1, -0.05) is 0 Å². The SMILES string of the molecule is CC(C)(C)OCC(=O)NC1CCCNC1. The van der Waals surface area contributed by atoms with Crippen molar-refractivity contribution in [2.75, 3.05) is 19.7 Å². The van der Waals surface area contributed by atoms with E-state index < -0.39 is 0 Å². The summed E-state index contributed by atoms with van der Waals surface area (Å²) >= 11 is 0. The van der Waals surface area contributed by atoms with Crippen molar-refractivity contribution in [1.29, 1.82) is 0 Å². The number of nitrogens with one attached hydrogen (secondary N) is 2. The summed E-state index contributed by atoms with van der Waals surface area (Å²) in [5, 5.41) is 6.22. The monoisotopic (exact) mass is 214 g/mol. The van der Waals surface area contributed by atoms with Gasteiger partial charge in [0.1, 0.15) is 6.61 Å². The lowest BCUT2D eigenvalue weighted by Gasteiger charge is -2.25. The molecule has 1 aliphatic rings. The molecule has 1 amide bonds. The van der Waals surface area contributed by atoms with E-state index in [-0.39, 0.29) is 24.2 Å². The third kappa shape index (κ3) is 5.74. The van der Waals surface area contributed by atoms with Crippen LogP contribution in [0.25, 0.3) is 0 Å². The van der Waals surface area contributed by atoms with Gasteiger partial charge in [-0.3, -0.25) is 4.79 Å². The molecular formula is C11H22N2O2. The van der Waals surface area contributed by atoms with Gasteiger partial charge < -0.3 is 15.4 Å². The Morgan fingerprint density at radius 2 is 2.27 bits per heavy atom. The molecule has 1 heterocycles. The molecule has 0 aromatic heterocycles. The van der Waals surface area contributed by atoms with Gasteiger partial charge in [-0.25, -0.2) is 0 Å². The highest BCUT2D eigenvalue weighted by Gasteiger charge is 2.17. The fourth-order valence-corrected chi connectivity index (χ4v) is 1.53. The second-order valence-corrected chi connectivity index (χ2v) is 5.01. The molecule has 4 heteroatoms. The molecule has 0 aliphatic carbocycles. The second kappa shape index (κ2) is 5.47. The summed E-state index contributed by atoms with van der Waals surface area (Å²) in [6.07, 6.45) is 2.19. The van der Waals surface area contributed by atoms with E-state index >= 15 is 0 Å². The molecule has 1 rings (SSSR count). The van der Waals surface area contributed by atoms with E-state index in [1.807, 2.05) is 20.8 Å². The number of ether oxygens (including phenoxy) is 1. The van der Waals surface area contributed by atoms with E-state index in [0.29, 0.717) is 0 Å². The van der Waals surface area contributed by atoms with Gasteiger partial charge in [-0.05, 0) is 40.2 Å². The number of carbonyl (C=O) groups is 1. The lowest BCUT2D eigenvalue weighted by molar-refractivity contribution is -0.131. The maximum absolute atomic E-state index is 11.5. The van der Waals surface area contributed by atoms with Crippen molar-refractivity contribution in [3.63, 3.8) is 0 Å². The smallest absolute Gasteiger partial charge is 0.246 e. The van der Waals surface area contributed by atoms with Gasteiger partial charge in [-0.15, -0.1) is 0 Å². The van der Waals surface area contributed by atoms with E-state index in [2.05, 4.69) is 10.6 Å². The Morgan fingerprint density at radius 1 is 1.53 bits per heavy atom. The van der Waals surface area contributed by atoms with Gasteiger partial charge in [-0.2, -0.15) is 0 Å². The second-order valence-electron chi connectivity index (χ2n) is 5.01. The summed E-state index contributed by atoms with van der Waals surface area (Å²) in [6, 6.07) is 0.273. The predicted octanol–water partition coefficient (Wildman–Crippen LogP) is 0.670. The third-order valence-corrected chi connectivity index (χ3v) is 2.30. The largest absolute Gasteiger partial charge is 0.366 e. The average Bonchev–Trinajstić information content (AvgIpc) is 2.15. The fourth-order valence-electron chi connectivity index (χ4n) is 1.53. The normalized spacial score (nSPS) is 22.5. The summed E-state index contributed by atoms with van der Waals surface area (Å²) in [5.41, 5.74) is -0.248. The topological polar surface area (TPSA) is 50.4 Å². The van der Waals surface area contributed by atoms with Gasteiger partial charge in [0.05, 0.1) is 5.60 Å². The number of rotatable bonds is 3. The Bertz CT molecular complexity index is 205. The Morgan fingerprint density at radius 3 is 2.80 bits per heavy atom. The number of amides is 1. The summed E-state index contributed by atoms with van der Waals surface area (Å²) in [6.45, 7) is 7.93. The number of carbonyl (C=O) groups excluding carboxylic acids is 1. The fraction of sp³-hybridized carbons (Fsp3) is 0.909. The maximum Gasteiger partial charge on any atom is 0.246 e. The number of hydrogen-bond acceptors (Lipinski definition) is 3. The van der Waals surface area contributed by atoms with Crippen molar-refractivity contribution in [3.05, 3.63) is 0 Å². The summed E-state index contributed by atoms with van der Waals surface area (Å²) in [5.74, 6) is -0.0152. The van der Waals surface area contributed by atoms with Crippen LogP contribution in [0.3, 0.4) is 0 Å². The van der Waals surface area contributed by atoms with Gasteiger partial charge >= 0.3 is 0 Å². The Labute approximate surface area is 91.8 Å². The molecule has 0 bridgehead atoms. The molecular weight excluding hydrogens is 192 g/mol. The molecule has 1 unspecified atom stereocenters. The predicted molar refractivity (Wildman–Crippen MR) is 59.7 cm³/mol. The Balaban J connectivity index is 2.17. The van der Waals surface area contributed by atoms with Crippen molar-refractivity contribution in [1.82, 2.24) is 10.6 Å². The zero-order valence-electron chi connectivity index (χ0n) is 9.93. The van der Waals surface area contributed by atoms with Crippen LogP contribution in [-0.4, -0.2) is 37.2 Å². The lowest BCUT2D eigenvalue weighted by Crippen LogP contribution is -2.47. The van der Waals surface area contributed by atoms with Crippen molar-refractivity contribution in [3.8, 4) is 0 Å². The van der Waals surface area contributed by atoms with Gasteiger partial charge in [0.25, 0.3) is 0 Å².